The van der Waals surface area contributed by atoms with Gasteiger partial charge in [0, 0.05) is 53.2 Å². The van der Waals surface area contributed by atoms with Crippen LogP contribution in [0.1, 0.15) is 42.4 Å². The van der Waals surface area contributed by atoms with Crippen LogP contribution in [0.25, 0.3) is 44.6 Å². The van der Waals surface area contributed by atoms with E-state index in [0.29, 0.717) is 19.0 Å². The van der Waals surface area contributed by atoms with E-state index in [1.165, 1.54) is 5.56 Å². The molecule has 5 heterocycles. The van der Waals surface area contributed by atoms with Gasteiger partial charge < -0.3 is 19.2 Å². The highest BCUT2D eigenvalue weighted by molar-refractivity contribution is 5.99. The van der Waals surface area contributed by atoms with Crippen molar-refractivity contribution >= 4 is 27.8 Å². The van der Waals surface area contributed by atoms with Crippen molar-refractivity contribution in [1.82, 2.24) is 40.2 Å². The summed E-state index contributed by atoms with van der Waals surface area (Å²) in [7, 11) is 2.07. The van der Waals surface area contributed by atoms with E-state index in [2.05, 4.69) is 62.2 Å². The molecule has 6 rings (SSSR count). The molecule has 36 heavy (non-hydrogen) atoms. The molecule has 2 N–H and O–H groups in total. The number of rotatable bonds is 4. The molecule has 0 bridgehead atoms. The molecule has 10 nitrogen and oxygen atoms in total. The molecule has 5 aromatic rings. The summed E-state index contributed by atoms with van der Waals surface area (Å²) in [6.45, 7) is 7.50. The molecule has 4 aromatic heterocycles. The summed E-state index contributed by atoms with van der Waals surface area (Å²) >= 11 is 0. The fraction of sp³-hybridized carbons (Fsp3) is 0.346. The summed E-state index contributed by atoms with van der Waals surface area (Å²) in [4.78, 5) is 25.0. The van der Waals surface area contributed by atoms with Crippen molar-refractivity contribution in [3.63, 3.8) is 0 Å². The molecule has 1 saturated heterocycles. The quantitative estimate of drug-likeness (QED) is 0.395. The van der Waals surface area contributed by atoms with Gasteiger partial charge in [0.25, 0.3) is 0 Å². The molecule has 1 aliphatic heterocycles. The van der Waals surface area contributed by atoms with Crippen LogP contribution in [0, 0.1) is 0 Å². The third-order valence-corrected chi connectivity index (χ3v) is 6.90. The maximum Gasteiger partial charge on any atom is 0.311 e. The van der Waals surface area contributed by atoms with Crippen LogP contribution < -0.4 is 0 Å². The minimum Gasteiger partial charge on any atom is -0.412 e. The molecule has 184 valence electrons. The number of carbonyl (C=O) groups excluding carboxylic acids is 1. The lowest BCUT2D eigenvalue weighted by molar-refractivity contribution is 0.0723. The number of carbonyl (C=O) groups is 1. The first-order valence-electron chi connectivity index (χ1n) is 12.3. The molecular formula is C26H28N8O2. The number of likely N-dealkylation sites (N-methyl/N-ethyl adjacent to an activating group) is 1. The van der Waals surface area contributed by atoms with Gasteiger partial charge in [-0.1, -0.05) is 13.8 Å². The number of fused-ring (bicyclic) bond motifs is 2. The number of nitrogens with zero attached hydrogens (tertiary/aromatic N) is 6. The van der Waals surface area contributed by atoms with E-state index >= 15 is 0 Å². The van der Waals surface area contributed by atoms with E-state index in [0.717, 1.165) is 58.3 Å². The largest absolute Gasteiger partial charge is 0.412 e. The van der Waals surface area contributed by atoms with Gasteiger partial charge in [0.15, 0.2) is 5.65 Å². The maximum absolute atomic E-state index is 13.0. The van der Waals surface area contributed by atoms with Crippen LogP contribution in [0.3, 0.4) is 0 Å². The van der Waals surface area contributed by atoms with Crippen LogP contribution in [-0.4, -0.2) is 79.3 Å². The minimum atomic E-state index is -0.209. The topological polar surface area (TPSA) is 120 Å². The molecule has 1 fully saturated rings. The van der Waals surface area contributed by atoms with Crippen molar-refractivity contribution in [2.24, 2.45) is 0 Å². The lowest BCUT2D eigenvalue weighted by Gasteiger charge is -2.18. The number of aromatic amines is 2. The zero-order valence-electron chi connectivity index (χ0n) is 20.6. The highest BCUT2D eigenvalue weighted by Crippen LogP contribution is 2.39. The Bertz CT molecular complexity index is 1560. The maximum atomic E-state index is 13.0. The Labute approximate surface area is 207 Å². The molecule has 0 atom stereocenters. The number of hydrogen-bond acceptors (Lipinski definition) is 7. The van der Waals surface area contributed by atoms with E-state index in [1.807, 2.05) is 18.2 Å². The van der Waals surface area contributed by atoms with Crippen LogP contribution in [0.2, 0.25) is 0 Å². The number of nitrogens with one attached hydrogen (secondary N) is 2. The highest BCUT2D eigenvalue weighted by Gasteiger charge is 2.25. The Morgan fingerprint density at radius 3 is 2.83 bits per heavy atom. The van der Waals surface area contributed by atoms with Crippen molar-refractivity contribution in [2.75, 3.05) is 33.2 Å². The fourth-order valence-electron chi connectivity index (χ4n) is 5.04. The normalized spacial score (nSPS) is 15.3. The summed E-state index contributed by atoms with van der Waals surface area (Å²) in [5.41, 5.74) is 5.81. The monoisotopic (exact) mass is 484 g/mol. The molecule has 0 radical (unpaired) electrons. The van der Waals surface area contributed by atoms with Crippen LogP contribution in [-0.2, 0) is 0 Å². The SMILES string of the molecule is CC(C)c1c(-c2ccnc3[nH]ncc23)[nH]c2ccc(-c3nnc(C(=O)N4CCCN(C)CC4)o3)cc12. The molecule has 1 amide bonds. The second kappa shape index (κ2) is 8.87. The van der Waals surface area contributed by atoms with Gasteiger partial charge in [0.2, 0.25) is 5.89 Å². The van der Waals surface area contributed by atoms with Gasteiger partial charge in [0.05, 0.1) is 11.9 Å². The van der Waals surface area contributed by atoms with Crippen molar-refractivity contribution in [2.45, 2.75) is 26.2 Å². The van der Waals surface area contributed by atoms with E-state index in [1.54, 1.807) is 17.3 Å². The Hall–Kier alpha value is -4.05. The average Bonchev–Trinajstić information content (AvgIpc) is 3.60. The zero-order chi connectivity index (χ0) is 24.8. The second-order valence-electron chi connectivity index (χ2n) is 9.68. The van der Waals surface area contributed by atoms with Crippen LogP contribution in [0.4, 0.5) is 0 Å². The first kappa shape index (κ1) is 22.4. The third-order valence-electron chi connectivity index (χ3n) is 6.90. The van der Waals surface area contributed by atoms with Crippen LogP contribution >= 0.6 is 0 Å². The lowest BCUT2D eigenvalue weighted by Crippen LogP contribution is -2.34. The summed E-state index contributed by atoms with van der Waals surface area (Å²) < 4.78 is 5.88. The van der Waals surface area contributed by atoms with Crippen molar-refractivity contribution in [3.8, 4) is 22.7 Å². The Balaban J connectivity index is 1.37. The Morgan fingerprint density at radius 1 is 1.08 bits per heavy atom. The summed E-state index contributed by atoms with van der Waals surface area (Å²) in [6.07, 6.45) is 4.52. The summed E-state index contributed by atoms with van der Waals surface area (Å²) in [6, 6.07) is 8.02. The van der Waals surface area contributed by atoms with Gasteiger partial charge in [0.1, 0.15) is 0 Å². The molecule has 0 saturated carbocycles. The first-order chi connectivity index (χ1) is 17.5. The molecule has 0 aliphatic carbocycles. The fourth-order valence-corrected chi connectivity index (χ4v) is 5.04. The predicted molar refractivity (Wildman–Crippen MR) is 137 cm³/mol. The van der Waals surface area contributed by atoms with Gasteiger partial charge in [-0.05, 0) is 55.8 Å². The van der Waals surface area contributed by atoms with Crippen molar-refractivity contribution < 1.29 is 9.21 Å². The van der Waals surface area contributed by atoms with Gasteiger partial charge in [-0.2, -0.15) is 5.10 Å². The van der Waals surface area contributed by atoms with Gasteiger partial charge >= 0.3 is 11.8 Å². The van der Waals surface area contributed by atoms with E-state index in [-0.39, 0.29) is 17.7 Å². The number of hydrogen-bond donors (Lipinski definition) is 2. The smallest absolute Gasteiger partial charge is 0.311 e. The molecule has 1 aliphatic rings. The van der Waals surface area contributed by atoms with Gasteiger partial charge in [-0.25, -0.2) is 4.98 Å². The van der Waals surface area contributed by atoms with E-state index < -0.39 is 0 Å². The molecular weight excluding hydrogens is 456 g/mol. The second-order valence-corrected chi connectivity index (χ2v) is 9.68. The Kier molecular flexibility index (Phi) is 5.52. The molecule has 10 heteroatoms. The summed E-state index contributed by atoms with van der Waals surface area (Å²) in [5, 5.41) is 17.5. The Morgan fingerprint density at radius 2 is 1.97 bits per heavy atom. The first-order valence-corrected chi connectivity index (χ1v) is 12.3. The highest BCUT2D eigenvalue weighted by atomic mass is 16.4. The van der Waals surface area contributed by atoms with Gasteiger partial charge in [-0.3, -0.25) is 9.89 Å². The predicted octanol–water partition coefficient (Wildman–Crippen LogP) is 4.06. The average molecular weight is 485 g/mol. The zero-order valence-corrected chi connectivity index (χ0v) is 20.6. The molecule has 1 aromatic carbocycles. The number of aromatic nitrogens is 6. The molecule has 0 spiro atoms. The number of pyridine rings is 1. The third kappa shape index (κ3) is 3.83. The van der Waals surface area contributed by atoms with Crippen LogP contribution in [0.5, 0.6) is 0 Å². The number of amides is 1. The van der Waals surface area contributed by atoms with E-state index in [9.17, 15) is 4.79 Å². The number of H-pyrrole nitrogens is 2. The lowest BCUT2D eigenvalue weighted by atomic mass is 9.95. The van der Waals surface area contributed by atoms with Crippen LogP contribution in [0.15, 0.2) is 41.1 Å². The van der Waals surface area contributed by atoms with Crippen molar-refractivity contribution in [3.05, 3.63) is 48.1 Å². The molecule has 0 unspecified atom stereocenters. The van der Waals surface area contributed by atoms with Gasteiger partial charge in [-0.15, -0.1) is 10.2 Å². The van der Waals surface area contributed by atoms with Crippen molar-refractivity contribution in [1.29, 1.82) is 0 Å². The minimum absolute atomic E-state index is 0.0348. The summed E-state index contributed by atoms with van der Waals surface area (Å²) in [5.74, 6) is 0.414. The number of benzene rings is 1. The van der Waals surface area contributed by atoms with E-state index in [4.69, 9.17) is 4.42 Å². The standard InChI is InChI=1S/C26H28N8O2/c1-15(2)21-18-13-16(24-31-32-25(36-24)26(35)34-10-4-9-33(3)11-12-34)5-6-20(18)29-22(21)17-7-8-27-23-19(17)14-28-30-23/h5-8,13-15,29H,4,9-12H2,1-3H3,(H,27,28,30).